The number of aromatic nitrogens is 2. The largest absolute Gasteiger partial charge is 0.475 e. The summed E-state index contributed by atoms with van der Waals surface area (Å²) >= 11 is 0. The van der Waals surface area contributed by atoms with E-state index in [4.69, 9.17) is 9.47 Å². The second kappa shape index (κ2) is 6.24. The zero-order chi connectivity index (χ0) is 16.5. The van der Waals surface area contributed by atoms with E-state index < -0.39 is 11.9 Å². The van der Waals surface area contributed by atoms with Gasteiger partial charge in [-0.05, 0) is 32.2 Å². The number of alkyl halides is 3. The molecule has 1 aromatic rings. The molecule has 1 aromatic heterocycles. The monoisotopic (exact) mass is 331 g/mol. The van der Waals surface area contributed by atoms with Crippen molar-refractivity contribution in [2.24, 2.45) is 0 Å². The molecule has 0 aromatic carbocycles. The van der Waals surface area contributed by atoms with Gasteiger partial charge in [0.2, 0.25) is 5.88 Å². The first-order chi connectivity index (χ1) is 10.9. The molecular formula is C15H20F3N3O2. The minimum absolute atomic E-state index is 0.0717. The van der Waals surface area contributed by atoms with Crippen molar-refractivity contribution in [3.05, 3.63) is 18.1 Å². The molecule has 0 saturated carbocycles. The van der Waals surface area contributed by atoms with Crippen LogP contribution in [0.2, 0.25) is 0 Å². The van der Waals surface area contributed by atoms with E-state index in [2.05, 4.69) is 14.9 Å². The predicted molar refractivity (Wildman–Crippen MR) is 76.1 cm³/mol. The van der Waals surface area contributed by atoms with Gasteiger partial charge in [0.15, 0.2) is 5.69 Å². The molecule has 0 radical (unpaired) electrons. The maximum absolute atomic E-state index is 12.6. The highest BCUT2D eigenvalue weighted by atomic mass is 19.4. The molecule has 0 bridgehead atoms. The molecule has 8 heteroatoms. The van der Waals surface area contributed by atoms with Gasteiger partial charge in [-0.25, -0.2) is 4.98 Å². The Kier molecular flexibility index (Phi) is 4.46. The van der Waals surface area contributed by atoms with Crippen LogP contribution in [0.3, 0.4) is 0 Å². The zero-order valence-electron chi connectivity index (χ0n) is 13.0. The quantitative estimate of drug-likeness (QED) is 0.830. The first-order valence-electron chi connectivity index (χ1n) is 7.72. The third-order valence-corrected chi connectivity index (χ3v) is 4.77. The highest BCUT2D eigenvalue weighted by Gasteiger charge is 2.49. The van der Waals surface area contributed by atoms with Gasteiger partial charge in [-0.2, -0.15) is 13.2 Å². The lowest BCUT2D eigenvalue weighted by Crippen LogP contribution is -2.47. The topological polar surface area (TPSA) is 47.5 Å². The fourth-order valence-electron chi connectivity index (χ4n) is 3.79. The summed E-state index contributed by atoms with van der Waals surface area (Å²) in [6, 6.07) is 0.184. The van der Waals surface area contributed by atoms with Crippen molar-refractivity contribution in [3.63, 3.8) is 0 Å². The molecule has 3 heterocycles. The summed E-state index contributed by atoms with van der Waals surface area (Å²) in [6.45, 7) is 1.99. The summed E-state index contributed by atoms with van der Waals surface area (Å²) in [5.41, 5.74) is -0.959. The molecule has 2 saturated heterocycles. The van der Waals surface area contributed by atoms with Crippen molar-refractivity contribution in [1.82, 2.24) is 14.9 Å². The Hall–Kier alpha value is -1.41. The number of rotatable bonds is 5. The van der Waals surface area contributed by atoms with Gasteiger partial charge < -0.3 is 9.47 Å². The molecule has 3 rings (SSSR count). The predicted octanol–water partition coefficient (Wildman–Crippen LogP) is 2.52. The van der Waals surface area contributed by atoms with E-state index >= 15 is 0 Å². The minimum Gasteiger partial charge on any atom is -0.475 e. The molecular weight excluding hydrogens is 311 g/mol. The van der Waals surface area contributed by atoms with Gasteiger partial charge in [-0.15, -0.1) is 0 Å². The molecule has 2 aliphatic heterocycles. The number of methoxy groups -OCH3 is 1. The van der Waals surface area contributed by atoms with E-state index in [1.807, 2.05) is 0 Å². The molecule has 0 unspecified atom stereocenters. The molecule has 23 heavy (non-hydrogen) atoms. The minimum atomic E-state index is -4.51. The fraction of sp³-hybridized carbons (Fsp3) is 0.733. The van der Waals surface area contributed by atoms with Crippen LogP contribution in [0.5, 0.6) is 5.88 Å². The Morgan fingerprint density at radius 1 is 1.35 bits per heavy atom. The lowest BCUT2D eigenvalue weighted by atomic mass is 9.95. The van der Waals surface area contributed by atoms with E-state index in [0.29, 0.717) is 19.4 Å². The molecule has 2 atom stereocenters. The smallest absolute Gasteiger partial charge is 0.435 e. The molecule has 2 aliphatic rings. The summed E-state index contributed by atoms with van der Waals surface area (Å²) in [5.74, 6) is -0.0803. The fourth-order valence-corrected chi connectivity index (χ4v) is 3.79. The number of halogens is 3. The Labute approximate surface area is 132 Å². The third-order valence-electron chi connectivity index (χ3n) is 4.77. The summed E-state index contributed by atoms with van der Waals surface area (Å²) in [5, 5.41) is 0. The van der Waals surface area contributed by atoms with Crippen LogP contribution in [0.15, 0.2) is 12.4 Å². The van der Waals surface area contributed by atoms with Crippen LogP contribution in [0, 0.1) is 0 Å². The van der Waals surface area contributed by atoms with E-state index in [1.165, 1.54) is 6.20 Å². The van der Waals surface area contributed by atoms with Crippen LogP contribution in [0.1, 0.15) is 31.4 Å². The van der Waals surface area contributed by atoms with E-state index in [9.17, 15) is 13.2 Å². The number of nitrogens with zero attached hydrogens (tertiary/aromatic N) is 3. The molecule has 0 aliphatic carbocycles. The molecule has 5 nitrogen and oxygen atoms in total. The Bertz CT molecular complexity index is 555. The molecule has 0 N–H and O–H groups in total. The van der Waals surface area contributed by atoms with Gasteiger partial charge in [0, 0.05) is 18.7 Å². The van der Waals surface area contributed by atoms with Crippen molar-refractivity contribution in [1.29, 1.82) is 0 Å². The summed E-state index contributed by atoms with van der Waals surface area (Å²) in [4.78, 5) is 9.44. The average Bonchev–Trinajstić information content (AvgIpc) is 3.04. The van der Waals surface area contributed by atoms with Gasteiger partial charge >= 0.3 is 6.18 Å². The van der Waals surface area contributed by atoms with Gasteiger partial charge in [-0.3, -0.25) is 9.88 Å². The van der Waals surface area contributed by atoms with E-state index in [1.54, 1.807) is 7.11 Å². The normalized spacial score (nSPS) is 28.1. The van der Waals surface area contributed by atoms with Gasteiger partial charge in [0.05, 0.1) is 19.0 Å². The van der Waals surface area contributed by atoms with Crippen LogP contribution in [0.25, 0.3) is 0 Å². The van der Waals surface area contributed by atoms with Gasteiger partial charge in [-0.1, -0.05) is 0 Å². The standard InChI is InChI=1S/C15H20F3N3O2/c1-22-10-14-4-2-6-21(14)11(3-5-14)9-23-13-8-19-7-12(20-13)15(16,17)18/h7-8,11H,2-6,9-10H2,1H3/t11-,14-/m0/s1. The van der Waals surface area contributed by atoms with Crippen molar-refractivity contribution >= 4 is 0 Å². The van der Waals surface area contributed by atoms with Crippen molar-refractivity contribution < 1.29 is 22.6 Å². The second-order valence-electron chi connectivity index (χ2n) is 6.20. The zero-order valence-corrected chi connectivity index (χ0v) is 13.0. The first kappa shape index (κ1) is 16.4. The van der Waals surface area contributed by atoms with Crippen LogP contribution < -0.4 is 4.74 Å². The average molecular weight is 331 g/mol. The Morgan fingerprint density at radius 3 is 2.91 bits per heavy atom. The van der Waals surface area contributed by atoms with Gasteiger partial charge in [0.25, 0.3) is 0 Å². The van der Waals surface area contributed by atoms with Crippen molar-refractivity contribution in [2.45, 2.75) is 43.4 Å². The van der Waals surface area contributed by atoms with Crippen LogP contribution >= 0.6 is 0 Å². The number of ether oxygens (including phenoxy) is 2. The van der Waals surface area contributed by atoms with Crippen LogP contribution in [-0.2, 0) is 10.9 Å². The van der Waals surface area contributed by atoms with Crippen molar-refractivity contribution in [2.75, 3.05) is 26.9 Å². The van der Waals surface area contributed by atoms with Gasteiger partial charge in [0.1, 0.15) is 6.61 Å². The van der Waals surface area contributed by atoms with E-state index in [-0.39, 0.29) is 17.5 Å². The van der Waals surface area contributed by atoms with E-state index in [0.717, 1.165) is 32.2 Å². The third kappa shape index (κ3) is 3.28. The summed E-state index contributed by atoms with van der Waals surface area (Å²) < 4.78 is 48.8. The summed E-state index contributed by atoms with van der Waals surface area (Å²) in [7, 11) is 1.70. The molecule has 0 spiro atoms. The number of hydrogen-bond acceptors (Lipinski definition) is 5. The molecule has 128 valence electrons. The number of hydrogen-bond donors (Lipinski definition) is 0. The molecule has 0 amide bonds. The lowest BCUT2D eigenvalue weighted by molar-refractivity contribution is -0.141. The lowest BCUT2D eigenvalue weighted by Gasteiger charge is -2.34. The van der Waals surface area contributed by atoms with Crippen LogP contribution in [-0.4, -0.2) is 53.3 Å². The maximum Gasteiger partial charge on any atom is 0.435 e. The number of fused-ring (bicyclic) bond motifs is 1. The molecule has 2 fully saturated rings. The highest BCUT2D eigenvalue weighted by molar-refractivity contribution is 5.11. The SMILES string of the molecule is COC[C@@]12CCCN1[C@H](COc1cncc(C(F)(F)F)n1)CC2. The first-order valence-corrected chi connectivity index (χ1v) is 7.72. The van der Waals surface area contributed by atoms with Crippen LogP contribution in [0.4, 0.5) is 13.2 Å². The Morgan fingerprint density at radius 2 is 2.17 bits per heavy atom. The van der Waals surface area contributed by atoms with Crippen molar-refractivity contribution in [3.8, 4) is 5.88 Å². The maximum atomic E-state index is 12.6. The highest BCUT2D eigenvalue weighted by Crippen LogP contribution is 2.42. The Balaban J connectivity index is 1.63. The summed E-state index contributed by atoms with van der Waals surface area (Å²) in [6.07, 6.45) is 1.61. The second-order valence-corrected chi connectivity index (χ2v) is 6.20.